The third-order valence-electron chi connectivity index (χ3n) is 4.19. The van der Waals surface area contributed by atoms with E-state index in [-0.39, 0.29) is 11.4 Å². The average Bonchev–Trinajstić information content (AvgIpc) is 3.24. The van der Waals surface area contributed by atoms with Gasteiger partial charge >= 0.3 is 0 Å². The predicted molar refractivity (Wildman–Crippen MR) is 110 cm³/mol. The van der Waals surface area contributed by atoms with E-state index in [1.165, 1.54) is 12.1 Å². The summed E-state index contributed by atoms with van der Waals surface area (Å²) in [6.45, 7) is -0.100. The molecule has 1 aliphatic heterocycles. The molecule has 0 unspecified atom stereocenters. The van der Waals surface area contributed by atoms with Crippen LogP contribution < -0.4 is 0 Å². The number of carbonyl (C=O) groups is 2. The van der Waals surface area contributed by atoms with Gasteiger partial charge in [-0.3, -0.25) is 14.5 Å². The maximum Gasteiger partial charge on any atom is 0.293 e. The summed E-state index contributed by atoms with van der Waals surface area (Å²) in [5, 5.41) is -0.431. The van der Waals surface area contributed by atoms with Gasteiger partial charge in [0, 0.05) is 21.7 Å². The lowest BCUT2D eigenvalue weighted by atomic mass is 10.2. The molecule has 28 heavy (non-hydrogen) atoms. The first-order valence-corrected chi connectivity index (χ1v) is 9.97. The summed E-state index contributed by atoms with van der Waals surface area (Å²) in [5.74, 6) is 0.217. The summed E-state index contributed by atoms with van der Waals surface area (Å²) < 4.78 is 20.6. The summed E-state index contributed by atoms with van der Waals surface area (Å²) >= 11 is 4.21. The highest BCUT2D eigenvalue weighted by molar-refractivity contribution is 9.10. The first kappa shape index (κ1) is 18.7. The number of thioether (sulfide) groups is 1. The Balaban J connectivity index is 1.54. The van der Waals surface area contributed by atoms with Crippen LogP contribution in [0.1, 0.15) is 11.3 Å². The minimum atomic E-state index is -0.458. The van der Waals surface area contributed by atoms with Gasteiger partial charge in [0.05, 0.1) is 11.4 Å². The minimum absolute atomic E-state index is 0.100. The molecule has 2 aromatic carbocycles. The number of benzene rings is 2. The highest BCUT2D eigenvalue weighted by Gasteiger charge is 2.35. The average molecular weight is 458 g/mol. The SMILES string of the molecule is O=C1S/C(=C\c2ccc(-c3ccc(Br)cc3)o2)C(=O)N1Cc1ccccc1F. The van der Waals surface area contributed by atoms with Crippen molar-refractivity contribution in [2.24, 2.45) is 0 Å². The van der Waals surface area contributed by atoms with Crippen LogP contribution in [0.5, 0.6) is 0 Å². The van der Waals surface area contributed by atoms with Crippen molar-refractivity contribution in [2.45, 2.75) is 6.54 Å². The van der Waals surface area contributed by atoms with E-state index < -0.39 is 17.0 Å². The van der Waals surface area contributed by atoms with Gasteiger partial charge < -0.3 is 4.42 Å². The van der Waals surface area contributed by atoms with E-state index >= 15 is 0 Å². The second kappa shape index (κ2) is 7.77. The molecule has 140 valence electrons. The zero-order chi connectivity index (χ0) is 19.7. The molecule has 2 amide bonds. The number of hydrogen-bond acceptors (Lipinski definition) is 4. The van der Waals surface area contributed by atoms with E-state index in [9.17, 15) is 14.0 Å². The Hall–Kier alpha value is -2.64. The molecule has 4 nitrogen and oxygen atoms in total. The summed E-state index contributed by atoms with van der Waals surface area (Å²) in [4.78, 5) is 26.1. The summed E-state index contributed by atoms with van der Waals surface area (Å²) in [6.07, 6.45) is 1.54. The van der Waals surface area contributed by atoms with Crippen molar-refractivity contribution < 1.29 is 18.4 Å². The summed E-state index contributed by atoms with van der Waals surface area (Å²) in [6, 6.07) is 17.3. The number of rotatable bonds is 4. The number of furan rings is 1. The molecule has 1 fully saturated rings. The molecular formula is C21H13BrFNO3S. The van der Waals surface area contributed by atoms with Gasteiger partial charge in [-0.1, -0.05) is 46.3 Å². The van der Waals surface area contributed by atoms with Crippen molar-refractivity contribution in [3.8, 4) is 11.3 Å². The maximum atomic E-state index is 13.8. The molecule has 0 spiro atoms. The molecule has 7 heteroatoms. The molecule has 0 saturated carbocycles. The van der Waals surface area contributed by atoms with E-state index in [0.29, 0.717) is 17.1 Å². The van der Waals surface area contributed by atoms with Crippen molar-refractivity contribution in [1.82, 2.24) is 4.90 Å². The summed E-state index contributed by atoms with van der Waals surface area (Å²) in [7, 11) is 0. The van der Waals surface area contributed by atoms with E-state index in [2.05, 4.69) is 15.9 Å². The maximum absolute atomic E-state index is 13.8. The Labute approximate surface area is 173 Å². The van der Waals surface area contributed by atoms with Crippen molar-refractivity contribution in [3.63, 3.8) is 0 Å². The van der Waals surface area contributed by atoms with Crippen molar-refractivity contribution >= 4 is 44.9 Å². The van der Waals surface area contributed by atoms with Crippen LogP contribution in [-0.2, 0) is 11.3 Å². The molecule has 1 saturated heterocycles. The lowest BCUT2D eigenvalue weighted by molar-refractivity contribution is -0.123. The van der Waals surface area contributed by atoms with Gasteiger partial charge in [-0.25, -0.2) is 4.39 Å². The fourth-order valence-corrected chi connectivity index (χ4v) is 3.84. The monoisotopic (exact) mass is 457 g/mol. The molecule has 3 aromatic rings. The van der Waals surface area contributed by atoms with Gasteiger partial charge in [0.1, 0.15) is 17.3 Å². The normalized spacial score (nSPS) is 15.6. The molecular weight excluding hydrogens is 445 g/mol. The van der Waals surface area contributed by atoms with Gasteiger partial charge in [-0.05, 0) is 42.1 Å². The van der Waals surface area contributed by atoms with E-state index in [0.717, 1.165) is 26.7 Å². The Bertz CT molecular complexity index is 1090. The molecule has 0 radical (unpaired) electrons. The van der Waals surface area contributed by atoms with Crippen LogP contribution in [0.25, 0.3) is 17.4 Å². The number of carbonyl (C=O) groups excluding carboxylic acids is 2. The Morgan fingerprint density at radius 1 is 1.04 bits per heavy atom. The summed E-state index contributed by atoms with van der Waals surface area (Å²) in [5.41, 5.74) is 1.19. The number of hydrogen-bond donors (Lipinski definition) is 0. The molecule has 2 heterocycles. The van der Waals surface area contributed by atoms with E-state index in [1.54, 1.807) is 30.3 Å². The Morgan fingerprint density at radius 3 is 2.54 bits per heavy atom. The Kier molecular flexibility index (Phi) is 5.19. The van der Waals surface area contributed by atoms with E-state index in [1.807, 2.05) is 24.3 Å². The van der Waals surface area contributed by atoms with Crippen LogP contribution in [0.4, 0.5) is 9.18 Å². The molecule has 0 aliphatic carbocycles. The van der Waals surface area contributed by atoms with Gasteiger partial charge in [-0.2, -0.15) is 0 Å². The minimum Gasteiger partial charge on any atom is -0.457 e. The lowest BCUT2D eigenvalue weighted by Gasteiger charge is -2.12. The van der Waals surface area contributed by atoms with Crippen molar-refractivity contribution in [1.29, 1.82) is 0 Å². The predicted octanol–water partition coefficient (Wildman–Crippen LogP) is 6.08. The zero-order valence-corrected chi connectivity index (χ0v) is 16.8. The van der Waals surface area contributed by atoms with Gasteiger partial charge in [0.2, 0.25) is 0 Å². The fourth-order valence-electron chi connectivity index (χ4n) is 2.76. The van der Waals surface area contributed by atoms with Crippen LogP contribution in [0.3, 0.4) is 0 Å². The lowest BCUT2D eigenvalue weighted by Crippen LogP contribution is -2.27. The van der Waals surface area contributed by atoms with Crippen LogP contribution >= 0.6 is 27.7 Å². The van der Waals surface area contributed by atoms with Crippen molar-refractivity contribution in [3.05, 3.63) is 87.2 Å². The highest BCUT2D eigenvalue weighted by Crippen LogP contribution is 2.34. The largest absolute Gasteiger partial charge is 0.457 e. The van der Waals surface area contributed by atoms with Gasteiger partial charge in [0.25, 0.3) is 11.1 Å². The van der Waals surface area contributed by atoms with Crippen LogP contribution in [0.2, 0.25) is 0 Å². The number of halogens is 2. The molecule has 1 aliphatic rings. The quantitative estimate of drug-likeness (QED) is 0.445. The number of imide groups is 1. The van der Waals surface area contributed by atoms with Crippen molar-refractivity contribution in [2.75, 3.05) is 0 Å². The Morgan fingerprint density at radius 2 is 1.79 bits per heavy atom. The topological polar surface area (TPSA) is 50.5 Å². The molecule has 0 bridgehead atoms. The third-order valence-corrected chi connectivity index (χ3v) is 5.62. The van der Waals surface area contributed by atoms with E-state index in [4.69, 9.17) is 4.42 Å². The van der Waals surface area contributed by atoms with Crippen LogP contribution in [0, 0.1) is 5.82 Å². The molecule has 0 N–H and O–H groups in total. The smallest absolute Gasteiger partial charge is 0.293 e. The first-order chi connectivity index (χ1) is 13.5. The second-order valence-corrected chi connectivity index (χ2v) is 7.98. The van der Waals surface area contributed by atoms with Crippen LogP contribution in [-0.4, -0.2) is 16.0 Å². The first-order valence-electron chi connectivity index (χ1n) is 8.36. The van der Waals surface area contributed by atoms with Gasteiger partial charge in [-0.15, -0.1) is 0 Å². The highest BCUT2D eigenvalue weighted by atomic mass is 79.9. The number of nitrogens with zero attached hydrogens (tertiary/aromatic N) is 1. The van der Waals surface area contributed by atoms with Gasteiger partial charge in [0.15, 0.2) is 0 Å². The second-order valence-electron chi connectivity index (χ2n) is 6.07. The molecule has 4 rings (SSSR count). The van der Waals surface area contributed by atoms with Crippen LogP contribution in [0.15, 0.2) is 74.5 Å². The third kappa shape index (κ3) is 3.81. The molecule has 0 atom stereocenters. The molecule has 1 aromatic heterocycles. The fraction of sp³-hybridized carbons (Fsp3) is 0.0476. The zero-order valence-electron chi connectivity index (χ0n) is 14.4. The standard InChI is InChI=1S/C21H13BrFNO3S/c22-15-7-5-13(6-8-15)18-10-9-16(27-18)11-19-20(25)24(21(26)28-19)12-14-3-1-2-4-17(14)23/h1-11H,12H2/b19-11-. The number of amides is 2.